The Hall–Kier alpha value is -2.42. The van der Waals surface area contributed by atoms with Crippen molar-refractivity contribution >= 4 is 17.9 Å². The summed E-state index contributed by atoms with van der Waals surface area (Å²) in [5, 5.41) is 16.7. The van der Waals surface area contributed by atoms with E-state index in [4.69, 9.17) is 9.84 Å². The molecule has 0 spiro atoms. The molecule has 2 aliphatic heterocycles. The Balaban J connectivity index is 1.46. The number of piperazine rings is 1. The third kappa shape index (κ3) is 5.09. The molecule has 0 atom stereocenters. The highest BCUT2D eigenvalue weighted by Gasteiger charge is 2.31. The summed E-state index contributed by atoms with van der Waals surface area (Å²) in [6.07, 6.45) is 1.79. The standard InChI is InChI=1S/C19H29N5O4/c1-19(2,3)28-18(27)24-12-10-22(11-13-24)14-6-8-23(9-7-14)16-5-4-15(17(25)26)20-21-16/h4-5,14H,6-13H2,1-3H3,(H,25,26). The number of rotatable bonds is 3. The van der Waals surface area contributed by atoms with E-state index in [1.807, 2.05) is 20.8 Å². The minimum atomic E-state index is -1.07. The van der Waals surface area contributed by atoms with Gasteiger partial charge in [-0.3, -0.25) is 4.90 Å². The van der Waals surface area contributed by atoms with Crippen LogP contribution in [0.5, 0.6) is 0 Å². The first-order valence-corrected chi connectivity index (χ1v) is 9.77. The van der Waals surface area contributed by atoms with Crippen LogP contribution in [0, 0.1) is 0 Å². The van der Waals surface area contributed by atoms with E-state index in [1.54, 1.807) is 11.0 Å². The van der Waals surface area contributed by atoms with Crippen LogP contribution in [0.3, 0.4) is 0 Å². The van der Waals surface area contributed by atoms with E-state index in [1.165, 1.54) is 6.07 Å². The zero-order chi connectivity index (χ0) is 20.3. The van der Waals surface area contributed by atoms with Crippen LogP contribution in [0.25, 0.3) is 0 Å². The van der Waals surface area contributed by atoms with Crippen LogP contribution in [0.4, 0.5) is 10.6 Å². The topological polar surface area (TPSA) is 99.1 Å². The number of carbonyl (C=O) groups is 2. The Bertz CT molecular complexity index is 687. The molecule has 2 aliphatic rings. The molecular formula is C19H29N5O4. The van der Waals surface area contributed by atoms with Gasteiger partial charge in [0.25, 0.3) is 0 Å². The Morgan fingerprint density at radius 3 is 2.18 bits per heavy atom. The SMILES string of the molecule is CC(C)(C)OC(=O)N1CCN(C2CCN(c3ccc(C(=O)O)nn3)CC2)CC1. The molecule has 2 fully saturated rings. The van der Waals surface area contributed by atoms with E-state index in [0.717, 1.165) is 44.8 Å². The van der Waals surface area contributed by atoms with Gasteiger partial charge in [-0.1, -0.05) is 0 Å². The maximum atomic E-state index is 12.2. The molecule has 0 aliphatic carbocycles. The molecule has 1 aromatic rings. The number of piperidine rings is 1. The summed E-state index contributed by atoms with van der Waals surface area (Å²) in [6, 6.07) is 3.70. The molecule has 3 heterocycles. The van der Waals surface area contributed by atoms with Crippen LogP contribution in [0.2, 0.25) is 0 Å². The lowest BCUT2D eigenvalue weighted by atomic mass is 10.0. The van der Waals surface area contributed by atoms with Crippen LogP contribution in [0.1, 0.15) is 44.1 Å². The minimum absolute atomic E-state index is 0.0403. The van der Waals surface area contributed by atoms with Gasteiger partial charge in [0.05, 0.1) is 0 Å². The number of ether oxygens (including phenoxy) is 1. The van der Waals surface area contributed by atoms with Crippen LogP contribution in [-0.2, 0) is 4.74 Å². The Morgan fingerprint density at radius 1 is 1.04 bits per heavy atom. The summed E-state index contributed by atoms with van der Waals surface area (Å²) in [6.45, 7) is 10.5. The normalized spacial score (nSPS) is 19.5. The summed E-state index contributed by atoms with van der Waals surface area (Å²) in [4.78, 5) is 29.5. The fourth-order valence-electron chi connectivity index (χ4n) is 3.66. The predicted octanol–water partition coefficient (Wildman–Crippen LogP) is 1.70. The van der Waals surface area contributed by atoms with Gasteiger partial charge in [0, 0.05) is 45.3 Å². The van der Waals surface area contributed by atoms with Gasteiger partial charge >= 0.3 is 12.1 Å². The van der Waals surface area contributed by atoms with Crippen molar-refractivity contribution in [2.75, 3.05) is 44.2 Å². The average Bonchev–Trinajstić information content (AvgIpc) is 2.67. The number of carboxylic acids is 1. The molecule has 28 heavy (non-hydrogen) atoms. The summed E-state index contributed by atoms with van der Waals surface area (Å²) in [7, 11) is 0. The molecule has 154 valence electrons. The molecule has 0 unspecified atom stereocenters. The molecule has 0 aromatic carbocycles. The molecule has 9 nitrogen and oxygen atoms in total. The van der Waals surface area contributed by atoms with E-state index >= 15 is 0 Å². The summed E-state index contributed by atoms with van der Waals surface area (Å²) in [5.74, 6) is -0.346. The van der Waals surface area contributed by atoms with Gasteiger partial charge in [-0.25, -0.2) is 9.59 Å². The first-order chi connectivity index (χ1) is 13.2. The van der Waals surface area contributed by atoms with Gasteiger partial charge in [0.15, 0.2) is 11.5 Å². The van der Waals surface area contributed by atoms with E-state index in [-0.39, 0.29) is 11.8 Å². The molecule has 0 bridgehead atoms. The fourth-order valence-corrected chi connectivity index (χ4v) is 3.66. The Kier molecular flexibility index (Phi) is 6.02. The first-order valence-electron chi connectivity index (χ1n) is 9.77. The number of carbonyl (C=O) groups excluding carboxylic acids is 1. The predicted molar refractivity (Wildman–Crippen MR) is 104 cm³/mol. The van der Waals surface area contributed by atoms with Gasteiger partial charge in [-0.2, -0.15) is 0 Å². The quantitative estimate of drug-likeness (QED) is 0.831. The number of nitrogens with zero attached hydrogens (tertiary/aromatic N) is 5. The third-order valence-electron chi connectivity index (χ3n) is 5.14. The molecule has 1 amide bonds. The monoisotopic (exact) mass is 391 g/mol. The number of hydrogen-bond acceptors (Lipinski definition) is 7. The maximum absolute atomic E-state index is 12.2. The van der Waals surface area contributed by atoms with Crippen molar-refractivity contribution in [1.29, 1.82) is 0 Å². The number of anilines is 1. The highest BCUT2D eigenvalue weighted by atomic mass is 16.6. The molecular weight excluding hydrogens is 362 g/mol. The molecule has 1 N–H and O–H groups in total. The second kappa shape index (κ2) is 8.30. The van der Waals surface area contributed by atoms with Crippen LogP contribution < -0.4 is 4.90 Å². The summed E-state index contributed by atoms with van der Waals surface area (Å²) < 4.78 is 5.46. The lowest BCUT2D eigenvalue weighted by Gasteiger charge is -2.43. The Labute approximate surface area is 165 Å². The highest BCUT2D eigenvalue weighted by Crippen LogP contribution is 2.22. The fraction of sp³-hybridized carbons (Fsp3) is 0.684. The van der Waals surface area contributed by atoms with Crippen LogP contribution in [-0.4, -0.2) is 88.1 Å². The van der Waals surface area contributed by atoms with Crippen molar-refractivity contribution < 1.29 is 19.4 Å². The van der Waals surface area contributed by atoms with Gasteiger partial charge in [0.2, 0.25) is 0 Å². The molecule has 9 heteroatoms. The average molecular weight is 391 g/mol. The number of hydrogen-bond donors (Lipinski definition) is 1. The van der Waals surface area contributed by atoms with E-state index in [2.05, 4.69) is 20.0 Å². The molecule has 3 rings (SSSR count). The molecule has 1 aromatic heterocycles. The smallest absolute Gasteiger partial charge is 0.410 e. The second-order valence-corrected chi connectivity index (χ2v) is 8.30. The van der Waals surface area contributed by atoms with Gasteiger partial charge in [0.1, 0.15) is 5.60 Å². The van der Waals surface area contributed by atoms with Crippen molar-refractivity contribution in [3.63, 3.8) is 0 Å². The molecule has 2 saturated heterocycles. The van der Waals surface area contributed by atoms with E-state index < -0.39 is 11.6 Å². The maximum Gasteiger partial charge on any atom is 0.410 e. The van der Waals surface area contributed by atoms with Crippen molar-refractivity contribution in [3.8, 4) is 0 Å². The minimum Gasteiger partial charge on any atom is -0.476 e. The zero-order valence-electron chi connectivity index (χ0n) is 16.8. The molecule has 0 saturated carbocycles. The number of aromatic nitrogens is 2. The van der Waals surface area contributed by atoms with Crippen molar-refractivity contribution in [2.24, 2.45) is 0 Å². The summed E-state index contributed by atoms with van der Waals surface area (Å²) in [5.41, 5.74) is -0.506. The van der Waals surface area contributed by atoms with E-state index in [9.17, 15) is 9.59 Å². The lowest BCUT2D eigenvalue weighted by molar-refractivity contribution is 0.00899. The number of aromatic carboxylic acids is 1. The lowest BCUT2D eigenvalue weighted by Crippen LogP contribution is -2.55. The largest absolute Gasteiger partial charge is 0.476 e. The van der Waals surface area contributed by atoms with E-state index in [0.29, 0.717) is 19.1 Å². The molecule has 0 radical (unpaired) electrons. The second-order valence-electron chi connectivity index (χ2n) is 8.30. The highest BCUT2D eigenvalue weighted by molar-refractivity contribution is 5.85. The van der Waals surface area contributed by atoms with Gasteiger partial charge in [-0.15, -0.1) is 10.2 Å². The third-order valence-corrected chi connectivity index (χ3v) is 5.14. The van der Waals surface area contributed by atoms with Gasteiger partial charge < -0.3 is 19.6 Å². The first kappa shape index (κ1) is 20.3. The van der Waals surface area contributed by atoms with Crippen LogP contribution in [0.15, 0.2) is 12.1 Å². The van der Waals surface area contributed by atoms with Crippen molar-refractivity contribution in [1.82, 2.24) is 20.0 Å². The number of amides is 1. The zero-order valence-corrected chi connectivity index (χ0v) is 16.8. The number of carboxylic acid groups (broad SMARTS) is 1. The van der Waals surface area contributed by atoms with Crippen molar-refractivity contribution in [2.45, 2.75) is 45.3 Å². The van der Waals surface area contributed by atoms with Crippen LogP contribution >= 0.6 is 0 Å². The Morgan fingerprint density at radius 2 is 1.68 bits per heavy atom. The summed E-state index contributed by atoms with van der Waals surface area (Å²) >= 11 is 0. The van der Waals surface area contributed by atoms with Crippen molar-refractivity contribution in [3.05, 3.63) is 17.8 Å². The van der Waals surface area contributed by atoms with Gasteiger partial charge in [-0.05, 0) is 45.7 Å².